The fourth-order valence-electron chi connectivity index (χ4n) is 3.57. The summed E-state index contributed by atoms with van der Waals surface area (Å²) in [6.07, 6.45) is -0.0649. The first-order valence-electron chi connectivity index (χ1n) is 8.59. The number of rotatable bonds is 3. The van der Waals surface area contributed by atoms with E-state index >= 15 is 0 Å². The van der Waals surface area contributed by atoms with Crippen LogP contribution in [0, 0.1) is 6.92 Å². The Hall–Kier alpha value is -2.92. The van der Waals surface area contributed by atoms with Crippen LogP contribution in [-0.4, -0.2) is 29.2 Å². The molecule has 132 valence electrons. The van der Waals surface area contributed by atoms with Gasteiger partial charge in [-0.05, 0) is 36.2 Å². The Morgan fingerprint density at radius 2 is 2.04 bits per heavy atom. The SMILES string of the molecule is COc1ccc2cc(C(=O)N[C@H]3c4ccccc4C[C@H]3O)c(C)nc2c1. The third-order valence-electron chi connectivity index (χ3n) is 4.95. The van der Waals surface area contributed by atoms with Crippen molar-refractivity contribution < 1.29 is 14.6 Å². The molecular weight excluding hydrogens is 328 g/mol. The van der Waals surface area contributed by atoms with Gasteiger partial charge < -0.3 is 15.2 Å². The molecule has 0 unspecified atom stereocenters. The predicted molar refractivity (Wildman–Crippen MR) is 99.4 cm³/mol. The molecule has 0 saturated carbocycles. The van der Waals surface area contributed by atoms with Gasteiger partial charge >= 0.3 is 0 Å². The van der Waals surface area contributed by atoms with Crippen LogP contribution < -0.4 is 10.1 Å². The standard InChI is InChI=1S/C21H20N2O3/c1-12-17(9-14-7-8-15(26-2)11-18(14)22-12)21(25)23-20-16-6-4-3-5-13(16)10-19(20)24/h3-9,11,19-20,24H,10H2,1-2H3,(H,23,25)/t19-,20+/m1/s1. The maximum Gasteiger partial charge on any atom is 0.253 e. The zero-order valence-corrected chi connectivity index (χ0v) is 14.7. The van der Waals surface area contributed by atoms with Gasteiger partial charge in [-0.2, -0.15) is 0 Å². The van der Waals surface area contributed by atoms with E-state index < -0.39 is 12.1 Å². The molecule has 1 heterocycles. The van der Waals surface area contributed by atoms with Crippen LogP contribution in [0.5, 0.6) is 5.75 Å². The number of carbonyl (C=O) groups is 1. The van der Waals surface area contributed by atoms with E-state index in [1.807, 2.05) is 55.5 Å². The van der Waals surface area contributed by atoms with E-state index in [0.717, 1.165) is 27.8 Å². The lowest BCUT2D eigenvalue weighted by atomic mass is 10.1. The lowest BCUT2D eigenvalue weighted by Crippen LogP contribution is -2.34. The van der Waals surface area contributed by atoms with Crippen molar-refractivity contribution in [3.8, 4) is 5.75 Å². The number of aliphatic hydroxyl groups is 1. The summed E-state index contributed by atoms with van der Waals surface area (Å²) in [7, 11) is 1.61. The number of hydrogen-bond donors (Lipinski definition) is 2. The van der Waals surface area contributed by atoms with Crippen LogP contribution in [-0.2, 0) is 6.42 Å². The number of fused-ring (bicyclic) bond motifs is 2. The lowest BCUT2D eigenvalue weighted by molar-refractivity contribution is 0.0857. The third-order valence-corrected chi connectivity index (χ3v) is 4.95. The van der Waals surface area contributed by atoms with Gasteiger partial charge in [0.15, 0.2) is 0 Å². The number of amides is 1. The van der Waals surface area contributed by atoms with Crippen molar-refractivity contribution in [1.82, 2.24) is 10.3 Å². The van der Waals surface area contributed by atoms with Gasteiger partial charge in [-0.1, -0.05) is 24.3 Å². The number of hydrogen-bond acceptors (Lipinski definition) is 4. The number of nitrogens with zero attached hydrogens (tertiary/aromatic N) is 1. The maximum atomic E-state index is 12.9. The normalized spacial score (nSPS) is 18.6. The molecule has 5 nitrogen and oxygen atoms in total. The van der Waals surface area contributed by atoms with Crippen molar-refractivity contribution in [2.75, 3.05) is 7.11 Å². The smallest absolute Gasteiger partial charge is 0.253 e. The number of pyridine rings is 1. The van der Waals surface area contributed by atoms with Crippen molar-refractivity contribution in [2.45, 2.75) is 25.5 Å². The van der Waals surface area contributed by atoms with Crippen LogP contribution >= 0.6 is 0 Å². The molecule has 4 rings (SSSR count). The highest BCUT2D eigenvalue weighted by molar-refractivity contribution is 5.99. The van der Waals surface area contributed by atoms with Gasteiger partial charge in [-0.25, -0.2) is 0 Å². The number of ether oxygens (including phenoxy) is 1. The Morgan fingerprint density at radius 1 is 1.23 bits per heavy atom. The first-order valence-corrected chi connectivity index (χ1v) is 8.59. The Kier molecular flexibility index (Phi) is 4.09. The van der Waals surface area contributed by atoms with Gasteiger partial charge in [0.25, 0.3) is 5.91 Å². The molecule has 1 aliphatic rings. The van der Waals surface area contributed by atoms with Gasteiger partial charge in [0, 0.05) is 17.9 Å². The molecule has 0 spiro atoms. The molecular formula is C21H20N2O3. The summed E-state index contributed by atoms with van der Waals surface area (Å²) in [6.45, 7) is 1.81. The first-order chi connectivity index (χ1) is 12.6. The van der Waals surface area contributed by atoms with E-state index in [4.69, 9.17) is 4.74 Å². The van der Waals surface area contributed by atoms with E-state index in [2.05, 4.69) is 10.3 Å². The number of methoxy groups -OCH3 is 1. The van der Waals surface area contributed by atoms with E-state index in [9.17, 15) is 9.90 Å². The van der Waals surface area contributed by atoms with Crippen molar-refractivity contribution in [3.05, 3.63) is 70.9 Å². The average Bonchev–Trinajstić information content (AvgIpc) is 2.96. The molecule has 5 heteroatoms. The molecule has 3 aromatic rings. The van der Waals surface area contributed by atoms with Gasteiger partial charge in [0.2, 0.25) is 0 Å². The van der Waals surface area contributed by atoms with E-state index in [0.29, 0.717) is 17.7 Å². The van der Waals surface area contributed by atoms with Gasteiger partial charge in [0.05, 0.1) is 36.0 Å². The van der Waals surface area contributed by atoms with Crippen LogP contribution in [0.15, 0.2) is 48.5 Å². The number of benzene rings is 2. The monoisotopic (exact) mass is 348 g/mol. The number of aryl methyl sites for hydroxylation is 1. The van der Waals surface area contributed by atoms with E-state index in [1.165, 1.54) is 0 Å². The van der Waals surface area contributed by atoms with Crippen molar-refractivity contribution in [2.24, 2.45) is 0 Å². The number of carbonyl (C=O) groups excluding carboxylic acids is 1. The average molecular weight is 348 g/mol. The Labute approximate surface area is 151 Å². The highest BCUT2D eigenvalue weighted by atomic mass is 16.5. The fraction of sp³-hybridized carbons (Fsp3) is 0.238. The minimum atomic E-state index is -0.616. The molecule has 0 saturated heterocycles. The van der Waals surface area contributed by atoms with Crippen molar-refractivity contribution in [3.63, 3.8) is 0 Å². The second-order valence-corrected chi connectivity index (χ2v) is 6.60. The van der Waals surface area contributed by atoms with Crippen molar-refractivity contribution in [1.29, 1.82) is 0 Å². The summed E-state index contributed by atoms with van der Waals surface area (Å²) < 4.78 is 5.23. The largest absolute Gasteiger partial charge is 0.497 e. The summed E-state index contributed by atoms with van der Waals surface area (Å²) in [5.74, 6) is 0.501. The molecule has 0 aliphatic heterocycles. The Morgan fingerprint density at radius 3 is 2.85 bits per heavy atom. The predicted octanol–water partition coefficient (Wildman–Crippen LogP) is 2.94. The van der Waals surface area contributed by atoms with Crippen LogP contribution in [0.4, 0.5) is 0 Å². The van der Waals surface area contributed by atoms with Crippen LogP contribution in [0.1, 0.15) is 33.2 Å². The van der Waals surface area contributed by atoms with Gasteiger partial charge in [0.1, 0.15) is 5.75 Å². The highest BCUT2D eigenvalue weighted by Crippen LogP contribution is 2.31. The van der Waals surface area contributed by atoms with Crippen molar-refractivity contribution >= 4 is 16.8 Å². The number of nitrogens with one attached hydrogen (secondary N) is 1. The first kappa shape index (κ1) is 16.5. The highest BCUT2D eigenvalue weighted by Gasteiger charge is 2.32. The summed E-state index contributed by atoms with van der Waals surface area (Å²) in [5, 5.41) is 14.2. The molecule has 2 atom stereocenters. The number of aliphatic hydroxyl groups excluding tert-OH is 1. The molecule has 26 heavy (non-hydrogen) atoms. The minimum absolute atomic E-state index is 0.228. The molecule has 1 aromatic heterocycles. The molecule has 2 aromatic carbocycles. The van der Waals surface area contributed by atoms with Crippen LogP contribution in [0.25, 0.3) is 10.9 Å². The zero-order valence-electron chi connectivity index (χ0n) is 14.7. The van der Waals surface area contributed by atoms with Crippen LogP contribution in [0.2, 0.25) is 0 Å². The summed E-state index contributed by atoms with van der Waals surface area (Å²) in [5.41, 5.74) is 3.99. The summed E-state index contributed by atoms with van der Waals surface area (Å²) in [4.78, 5) is 17.4. The van der Waals surface area contributed by atoms with Gasteiger partial charge in [-0.3, -0.25) is 9.78 Å². The minimum Gasteiger partial charge on any atom is -0.497 e. The van der Waals surface area contributed by atoms with Gasteiger partial charge in [-0.15, -0.1) is 0 Å². The Balaban J connectivity index is 1.65. The molecule has 1 aliphatic carbocycles. The quantitative estimate of drug-likeness (QED) is 0.763. The second kappa shape index (κ2) is 6.42. The van der Waals surface area contributed by atoms with Crippen LogP contribution in [0.3, 0.4) is 0 Å². The maximum absolute atomic E-state index is 12.9. The third kappa shape index (κ3) is 2.80. The summed E-state index contributed by atoms with van der Waals surface area (Å²) in [6, 6.07) is 14.8. The number of aromatic nitrogens is 1. The summed E-state index contributed by atoms with van der Waals surface area (Å²) >= 11 is 0. The Bertz CT molecular complexity index is 1000. The zero-order chi connectivity index (χ0) is 18.3. The fourth-order valence-corrected chi connectivity index (χ4v) is 3.57. The molecule has 0 radical (unpaired) electrons. The second-order valence-electron chi connectivity index (χ2n) is 6.60. The topological polar surface area (TPSA) is 71.5 Å². The van der Waals surface area contributed by atoms with E-state index in [1.54, 1.807) is 7.11 Å². The molecule has 0 bridgehead atoms. The lowest BCUT2D eigenvalue weighted by Gasteiger charge is -2.19. The molecule has 2 N–H and O–H groups in total. The molecule has 0 fully saturated rings. The van der Waals surface area contributed by atoms with E-state index in [-0.39, 0.29) is 5.91 Å². The molecule has 1 amide bonds.